The molecule has 0 amide bonds. The van der Waals surface area contributed by atoms with Gasteiger partial charge < -0.3 is 10.0 Å². The summed E-state index contributed by atoms with van der Waals surface area (Å²) in [4.78, 5) is 10.5. The molecule has 0 unspecified atom stereocenters. The third-order valence-electron chi connectivity index (χ3n) is 6.28. The highest BCUT2D eigenvalue weighted by Gasteiger charge is 2.45. The van der Waals surface area contributed by atoms with E-state index in [1.165, 1.54) is 0 Å². The fourth-order valence-electron chi connectivity index (χ4n) is 4.38. The molecule has 3 heterocycles. The van der Waals surface area contributed by atoms with Crippen LogP contribution in [0.1, 0.15) is 42.6 Å². The molecule has 0 saturated carbocycles. The topological polar surface area (TPSA) is 95.4 Å². The molecule has 1 aromatic carbocycles. The number of rotatable bonds is 3. The summed E-state index contributed by atoms with van der Waals surface area (Å²) in [5, 5.41) is 9.83. The van der Waals surface area contributed by atoms with Crippen molar-refractivity contribution < 1.29 is 22.3 Å². The molecule has 160 valence electrons. The average Bonchev–Trinajstić information content (AvgIpc) is 3.24. The summed E-state index contributed by atoms with van der Waals surface area (Å²) in [5.41, 5.74) is 2.07. The maximum atomic E-state index is 14.5. The van der Waals surface area contributed by atoms with Crippen molar-refractivity contribution in [2.75, 3.05) is 17.2 Å². The van der Waals surface area contributed by atoms with Gasteiger partial charge in [-0.3, -0.25) is 0 Å². The SMILES string of the molecule is C[C@H]1[C@H](O)CN1c1nc(-c2cccc([C@H]3CCS(=O)(=O)N3)c2)c2c(n1)C(F)(F)CC2. The van der Waals surface area contributed by atoms with Crippen molar-refractivity contribution in [3.63, 3.8) is 0 Å². The van der Waals surface area contributed by atoms with Gasteiger partial charge in [-0.05, 0) is 31.4 Å². The molecule has 30 heavy (non-hydrogen) atoms. The van der Waals surface area contributed by atoms with Gasteiger partial charge >= 0.3 is 0 Å². The van der Waals surface area contributed by atoms with Crippen molar-refractivity contribution in [1.29, 1.82) is 0 Å². The minimum Gasteiger partial charge on any atom is -0.389 e. The molecule has 1 aliphatic carbocycles. The number of β-amino-alcohol motifs (C(OH)–C–C–N with tert-alkyl or cyclic N) is 1. The summed E-state index contributed by atoms with van der Waals surface area (Å²) >= 11 is 0. The predicted molar refractivity (Wildman–Crippen MR) is 107 cm³/mol. The van der Waals surface area contributed by atoms with E-state index < -0.39 is 22.0 Å². The zero-order valence-electron chi connectivity index (χ0n) is 16.3. The Kier molecular flexibility index (Phi) is 4.39. The minimum absolute atomic E-state index is 0.0658. The highest BCUT2D eigenvalue weighted by molar-refractivity contribution is 7.89. The largest absolute Gasteiger partial charge is 0.389 e. The van der Waals surface area contributed by atoms with Crippen molar-refractivity contribution in [2.24, 2.45) is 0 Å². The van der Waals surface area contributed by atoms with Crippen LogP contribution in [0.3, 0.4) is 0 Å². The molecule has 3 atom stereocenters. The van der Waals surface area contributed by atoms with Crippen molar-refractivity contribution in [2.45, 2.75) is 50.3 Å². The van der Waals surface area contributed by atoms with Crippen LogP contribution in [0.5, 0.6) is 0 Å². The average molecular weight is 436 g/mol. The molecule has 0 spiro atoms. The number of benzene rings is 1. The fraction of sp³-hybridized carbons (Fsp3) is 0.500. The standard InChI is InChI=1S/C20H22F2N4O3S/c1-11-16(27)10-26(11)19-23-17(14-5-7-20(21,22)18(14)24-19)13-4-2-3-12(9-13)15-6-8-30(28,29)25-15/h2-4,9,11,15-16,25,27H,5-8,10H2,1H3/t11-,15+,16+/m0/s1. The number of nitrogens with one attached hydrogen (secondary N) is 1. The number of alkyl halides is 2. The molecule has 2 saturated heterocycles. The molecule has 5 rings (SSSR count). The summed E-state index contributed by atoms with van der Waals surface area (Å²) in [7, 11) is -3.28. The molecule has 7 nitrogen and oxygen atoms in total. The second kappa shape index (κ2) is 6.66. The first-order chi connectivity index (χ1) is 14.1. The first-order valence-electron chi connectivity index (χ1n) is 9.99. The Bertz CT molecular complexity index is 1130. The Morgan fingerprint density at radius 1 is 1.30 bits per heavy atom. The van der Waals surface area contributed by atoms with Gasteiger partial charge in [0.05, 0.1) is 23.6 Å². The summed E-state index contributed by atoms with van der Waals surface area (Å²) in [6.07, 6.45) is -0.214. The van der Waals surface area contributed by atoms with Gasteiger partial charge in [0.15, 0.2) is 0 Å². The number of fused-ring (bicyclic) bond motifs is 1. The predicted octanol–water partition coefficient (Wildman–Crippen LogP) is 2.12. The number of aliphatic hydroxyl groups is 1. The summed E-state index contributed by atoms with van der Waals surface area (Å²) in [6.45, 7) is 2.10. The van der Waals surface area contributed by atoms with Gasteiger partial charge in [0.2, 0.25) is 16.0 Å². The molecule has 10 heteroatoms. The number of aliphatic hydroxyl groups excluding tert-OH is 1. The van der Waals surface area contributed by atoms with Gasteiger partial charge in [0.1, 0.15) is 5.69 Å². The van der Waals surface area contributed by atoms with Crippen molar-refractivity contribution in [1.82, 2.24) is 14.7 Å². The molecule has 2 aliphatic heterocycles. The van der Waals surface area contributed by atoms with Crippen LogP contribution in [-0.2, 0) is 22.4 Å². The molecule has 3 aliphatic rings. The molecular weight excluding hydrogens is 414 g/mol. The van der Waals surface area contributed by atoms with E-state index in [1.54, 1.807) is 24.0 Å². The smallest absolute Gasteiger partial charge is 0.290 e. The van der Waals surface area contributed by atoms with Crippen LogP contribution in [0.15, 0.2) is 24.3 Å². The number of hydrogen-bond donors (Lipinski definition) is 2. The van der Waals surface area contributed by atoms with Gasteiger partial charge in [-0.25, -0.2) is 23.1 Å². The number of anilines is 1. The van der Waals surface area contributed by atoms with Gasteiger partial charge in [0.25, 0.3) is 5.92 Å². The van der Waals surface area contributed by atoms with E-state index in [2.05, 4.69) is 14.7 Å². The first-order valence-corrected chi connectivity index (χ1v) is 11.6. The highest BCUT2D eigenvalue weighted by atomic mass is 32.2. The van der Waals surface area contributed by atoms with Crippen LogP contribution < -0.4 is 9.62 Å². The quantitative estimate of drug-likeness (QED) is 0.765. The number of nitrogens with zero attached hydrogens (tertiary/aromatic N) is 3. The van der Waals surface area contributed by atoms with Crippen LogP contribution in [0.25, 0.3) is 11.3 Å². The first kappa shape index (κ1) is 19.8. The van der Waals surface area contributed by atoms with E-state index in [9.17, 15) is 22.3 Å². The molecule has 1 aromatic heterocycles. The summed E-state index contributed by atoms with van der Waals surface area (Å²) < 4.78 is 55.3. The third-order valence-corrected chi connectivity index (χ3v) is 7.70. The number of sulfonamides is 1. The lowest BCUT2D eigenvalue weighted by Gasteiger charge is -2.43. The van der Waals surface area contributed by atoms with Gasteiger partial charge in [0, 0.05) is 30.1 Å². The maximum absolute atomic E-state index is 14.5. The van der Waals surface area contributed by atoms with E-state index in [-0.39, 0.29) is 42.3 Å². The van der Waals surface area contributed by atoms with Crippen LogP contribution in [0.2, 0.25) is 0 Å². The van der Waals surface area contributed by atoms with E-state index >= 15 is 0 Å². The van der Waals surface area contributed by atoms with Crippen LogP contribution in [0, 0.1) is 0 Å². The Labute approximate surface area is 173 Å². The lowest BCUT2D eigenvalue weighted by Crippen LogP contribution is -2.59. The molecule has 2 N–H and O–H groups in total. The Morgan fingerprint density at radius 3 is 2.77 bits per heavy atom. The fourth-order valence-corrected chi connectivity index (χ4v) is 5.73. The third kappa shape index (κ3) is 3.17. The second-order valence-corrected chi connectivity index (χ2v) is 10.1. The van der Waals surface area contributed by atoms with Crippen molar-refractivity contribution in [3.8, 4) is 11.3 Å². The Balaban J connectivity index is 1.59. The van der Waals surface area contributed by atoms with Crippen molar-refractivity contribution >= 4 is 16.0 Å². The van der Waals surface area contributed by atoms with E-state index in [1.807, 2.05) is 12.1 Å². The highest BCUT2D eigenvalue weighted by Crippen LogP contribution is 2.45. The molecule has 2 fully saturated rings. The number of hydrogen-bond acceptors (Lipinski definition) is 6. The van der Waals surface area contributed by atoms with Gasteiger partial charge in [-0.1, -0.05) is 18.2 Å². The van der Waals surface area contributed by atoms with E-state index in [4.69, 9.17) is 0 Å². The summed E-state index contributed by atoms with van der Waals surface area (Å²) in [5.74, 6) is -2.76. The number of halogens is 2. The van der Waals surface area contributed by atoms with E-state index in [0.29, 0.717) is 29.8 Å². The van der Waals surface area contributed by atoms with E-state index in [0.717, 1.165) is 5.56 Å². The maximum Gasteiger partial charge on any atom is 0.290 e. The molecular formula is C20H22F2N4O3S. The Morgan fingerprint density at radius 2 is 2.10 bits per heavy atom. The zero-order valence-corrected chi connectivity index (χ0v) is 17.2. The van der Waals surface area contributed by atoms with Gasteiger partial charge in [-0.2, -0.15) is 8.78 Å². The molecule has 0 radical (unpaired) electrons. The second-order valence-electron chi connectivity index (χ2n) is 8.27. The molecule has 0 bridgehead atoms. The Hall–Kier alpha value is -2.17. The van der Waals surface area contributed by atoms with Crippen molar-refractivity contribution in [3.05, 3.63) is 41.1 Å². The zero-order chi connectivity index (χ0) is 21.3. The monoisotopic (exact) mass is 436 g/mol. The minimum atomic E-state index is -3.28. The van der Waals surface area contributed by atoms with Gasteiger partial charge in [-0.15, -0.1) is 0 Å². The lowest BCUT2D eigenvalue weighted by atomic mass is 9.98. The van der Waals surface area contributed by atoms with Crippen LogP contribution in [-0.4, -0.2) is 47.9 Å². The van der Waals surface area contributed by atoms with Crippen LogP contribution >= 0.6 is 0 Å². The lowest BCUT2D eigenvalue weighted by molar-refractivity contribution is -0.00603. The van der Waals surface area contributed by atoms with Crippen LogP contribution in [0.4, 0.5) is 14.7 Å². The molecule has 2 aromatic rings. The normalized spacial score (nSPS) is 28.9. The summed E-state index contributed by atoms with van der Waals surface area (Å²) in [6, 6.07) is 6.64. The number of aromatic nitrogens is 2.